The first-order valence-corrected chi connectivity index (χ1v) is 11.8. The number of benzene rings is 3. The largest absolute Gasteiger partial charge is 0.493 e. The SMILES string of the molecule is COc1ccc(Br)c(CNc2ccc(-c3nc4ccc(C)cc4s3)cc2)c1OC(C)C. The van der Waals surface area contributed by atoms with Crippen LogP contribution in [0.2, 0.25) is 0 Å². The van der Waals surface area contributed by atoms with E-state index in [2.05, 4.69) is 70.6 Å². The van der Waals surface area contributed by atoms with Crippen LogP contribution >= 0.6 is 27.3 Å². The molecule has 1 heterocycles. The van der Waals surface area contributed by atoms with Crippen molar-refractivity contribution in [1.82, 2.24) is 4.98 Å². The average Bonchev–Trinajstić information content (AvgIpc) is 3.17. The smallest absolute Gasteiger partial charge is 0.167 e. The summed E-state index contributed by atoms with van der Waals surface area (Å²) in [6.07, 6.45) is 0.0545. The number of methoxy groups -OCH3 is 1. The van der Waals surface area contributed by atoms with Crippen LogP contribution in [0.3, 0.4) is 0 Å². The highest BCUT2D eigenvalue weighted by atomic mass is 79.9. The predicted octanol–water partition coefficient (Wildman–Crippen LogP) is 7.44. The number of fused-ring (bicyclic) bond motifs is 1. The third kappa shape index (κ3) is 4.86. The lowest BCUT2D eigenvalue weighted by molar-refractivity contribution is 0.227. The number of aromatic nitrogens is 1. The van der Waals surface area contributed by atoms with Crippen LogP contribution in [0.1, 0.15) is 25.0 Å². The quantitative estimate of drug-likeness (QED) is 0.288. The lowest BCUT2D eigenvalue weighted by Crippen LogP contribution is -2.11. The molecule has 0 atom stereocenters. The van der Waals surface area contributed by atoms with Gasteiger partial charge in [-0.3, -0.25) is 0 Å². The fourth-order valence-corrected chi connectivity index (χ4v) is 4.87. The van der Waals surface area contributed by atoms with Crippen LogP contribution in [-0.2, 0) is 6.54 Å². The second-order valence-electron chi connectivity index (χ2n) is 7.65. The van der Waals surface area contributed by atoms with Crippen molar-refractivity contribution in [2.75, 3.05) is 12.4 Å². The molecular weight excluding hydrogens is 472 g/mol. The van der Waals surface area contributed by atoms with Crippen molar-refractivity contribution < 1.29 is 9.47 Å². The molecular formula is C25H25BrN2O2S. The zero-order chi connectivity index (χ0) is 22.0. The van der Waals surface area contributed by atoms with Gasteiger partial charge in [0.25, 0.3) is 0 Å². The van der Waals surface area contributed by atoms with E-state index >= 15 is 0 Å². The highest BCUT2D eigenvalue weighted by Crippen LogP contribution is 2.37. The van der Waals surface area contributed by atoms with E-state index in [0.717, 1.165) is 43.3 Å². The maximum absolute atomic E-state index is 6.05. The van der Waals surface area contributed by atoms with Crippen LogP contribution in [0.4, 0.5) is 5.69 Å². The molecule has 0 unspecified atom stereocenters. The van der Waals surface area contributed by atoms with Gasteiger partial charge in [0, 0.05) is 27.8 Å². The zero-order valence-electron chi connectivity index (χ0n) is 18.0. The Morgan fingerprint density at radius 3 is 2.55 bits per heavy atom. The molecule has 4 aromatic rings. The maximum atomic E-state index is 6.05. The van der Waals surface area contributed by atoms with Gasteiger partial charge in [0.1, 0.15) is 5.01 Å². The van der Waals surface area contributed by atoms with Gasteiger partial charge >= 0.3 is 0 Å². The lowest BCUT2D eigenvalue weighted by atomic mass is 10.1. The molecule has 1 aromatic heterocycles. The van der Waals surface area contributed by atoms with Gasteiger partial charge in [-0.25, -0.2) is 4.98 Å². The lowest BCUT2D eigenvalue weighted by Gasteiger charge is -2.19. The number of rotatable bonds is 7. The molecule has 0 fully saturated rings. The molecule has 0 saturated heterocycles. The maximum Gasteiger partial charge on any atom is 0.167 e. The molecule has 0 amide bonds. The fraction of sp³-hybridized carbons (Fsp3) is 0.240. The molecule has 4 rings (SSSR count). The second-order valence-corrected chi connectivity index (χ2v) is 9.53. The molecule has 0 spiro atoms. The topological polar surface area (TPSA) is 43.4 Å². The van der Waals surface area contributed by atoms with Crippen molar-refractivity contribution in [2.45, 2.75) is 33.4 Å². The normalized spacial score (nSPS) is 11.2. The van der Waals surface area contributed by atoms with E-state index < -0.39 is 0 Å². The van der Waals surface area contributed by atoms with Gasteiger partial charge < -0.3 is 14.8 Å². The van der Waals surface area contributed by atoms with E-state index in [-0.39, 0.29) is 6.10 Å². The monoisotopic (exact) mass is 496 g/mol. The third-order valence-corrected chi connectivity index (χ3v) is 6.70. The molecule has 0 saturated carbocycles. The second kappa shape index (κ2) is 9.28. The predicted molar refractivity (Wildman–Crippen MR) is 134 cm³/mol. The van der Waals surface area contributed by atoms with Crippen LogP contribution in [0, 0.1) is 6.92 Å². The summed E-state index contributed by atoms with van der Waals surface area (Å²) in [7, 11) is 1.66. The summed E-state index contributed by atoms with van der Waals surface area (Å²) in [5, 5.41) is 4.53. The molecule has 0 aliphatic rings. The number of ether oxygens (including phenoxy) is 2. The van der Waals surface area contributed by atoms with Gasteiger partial charge in [0.15, 0.2) is 11.5 Å². The Balaban J connectivity index is 1.53. The Morgan fingerprint density at radius 2 is 1.84 bits per heavy atom. The van der Waals surface area contributed by atoms with Crippen molar-refractivity contribution >= 4 is 43.2 Å². The molecule has 160 valence electrons. The van der Waals surface area contributed by atoms with E-state index in [9.17, 15) is 0 Å². The summed E-state index contributed by atoms with van der Waals surface area (Å²) in [6, 6.07) is 18.7. The van der Waals surface area contributed by atoms with E-state index in [4.69, 9.17) is 14.5 Å². The van der Waals surface area contributed by atoms with Gasteiger partial charge in [-0.15, -0.1) is 11.3 Å². The third-order valence-electron chi connectivity index (χ3n) is 4.89. The number of nitrogens with zero attached hydrogens (tertiary/aromatic N) is 1. The van der Waals surface area contributed by atoms with Gasteiger partial charge in [0.05, 0.1) is 23.4 Å². The molecule has 0 radical (unpaired) electrons. The molecule has 0 bridgehead atoms. The summed E-state index contributed by atoms with van der Waals surface area (Å²) in [6.45, 7) is 6.75. The number of anilines is 1. The number of aryl methyl sites for hydroxylation is 1. The first-order valence-electron chi connectivity index (χ1n) is 10.2. The van der Waals surface area contributed by atoms with Crippen LogP contribution in [0.25, 0.3) is 20.8 Å². The van der Waals surface area contributed by atoms with E-state index in [1.165, 1.54) is 10.3 Å². The number of hydrogen-bond acceptors (Lipinski definition) is 5. The minimum absolute atomic E-state index is 0.0545. The van der Waals surface area contributed by atoms with Crippen LogP contribution in [0.15, 0.2) is 59.1 Å². The summed E-state index contributed by atoms with van der Waals surface area (Å²) < 4.78 is 13.8. The minimum atomic E-state index is 0.0545. The molecule has 1 N–H and O–H groups in total. The molecule has 0 aliphatic carbocycles. The summed E-state index contributed by atoms with van der Waals surface area (Å²) in [4.78, 5) is 4.78. The number of nitrogens with one attached hydrogen (secondary N) is 1. The van der Waals surface area contributed by atoms with Crippen LogP contribution in [0.5, 0.6) is 11.5 Å². The van der Waals surface area contributed by atoms with Crippen molar-refractivity contribution in [1.29, 1.82) is 0 Å². The molecule has 4 nitrogen and oxygen atoms in total. The number of halogens is 1. The Hall–Kier alpha value is -2.57. The highest BCUT2D eigenvalue weighted by Gasteiger charge is 2.16. The van der Waals surface area contributed by atoms with Crippen molar-refractivity contribution in [3.63, 3.8) is 0 Å². The summed E-state index contributed by atoms with van der Waals surface area (Å²) in [5.74, 6) is 1.50. The number of thiazole rings is 1. The highest BCUT2D eigenvalue weighted by molar-refractivity contribution is 9.10. The summed E-state index contributed by atoms with van der Waals surface area (Å²) >= 11 is 5.38. The Morgan fingerprint density at radius 1 is 1.06 bits per heavy atom. The van der Waals surface area contributed by atoms with Crippen molar-refractivity contribution in [2.24, 2.45) is 0 Å². The minimum Gasteiger partial charge on any atom is -0.493 e. The molecule has 31 heavy (non-hydrogen) atoms. The van der Waals surface area contributed by atoms with Gasteiger partial charge in [-0.1, -0.05) is 22.0 Å². The van der Waals surface area contributed by atoms with Crippen LogP contribution < -0.4 is 14.8 Å². The molecule has 6 heteroatoms. The molecule has 0 aliphatic heterocycles. The van der Waals surface area contributed by atoms with E-state index in [1.54, 1.807) is 18.4 Å². The fourth-order valence-electron chi connectivity index (χ4n) is 3.35. The van der Waals surface area contributed by atoms with Crippen molar-refractivity contribution in [3.8, 4) is 22.1 Å². The summed E-state index contributed by atoms with van der Waals surface area (Å²) in [5.41, 5.74) is 5.49. The standard InChI is InChI=1S/C25H25BrN2O2S/c1-15(2)30-24-19(20(26)10-12-22(24)29-4)14-27-18-8-6-17(7-9-18)25-28-21-11-5-16(3)13-23(21)31-25/h5-13,15,27H,14H2,1-4H3. The Bertz CT molecular complexity index is 1200. The Kier molecular flexibility index (Phi) is 6.49. The van der Waals surface area contributed by atoms with Gasteiger partial charge in [-0.2, -0.15) is 0 Å². The van der Waals surface area contributed by atoms with Crippen LogP contribution in [-0.4, -0.2) is 18.2 Å². The number of hydrogen-bond donors (Lipinski definition) is 1. The van der Waals surface area contributed by atoms with E-state index in [1.807, 2.05) is 26.0 Å². The average molecular weight is 497 g/mol. The zero-order valence-corrected chi connectivity index (χ0v) is 20.4. The van der Waals surface area contributed by atoms with Gasteiger partial charge in [0.2, 0.25) is 0 Å². The molecule has 3 aromatic carbocycles. The first kappa shape index (κ1) is 21.7. The Labute approximate surface area is 195 Å². The van der Waals surface area contributed by atoms with Gasteiger partial charge in [-0.05, 0) is 74.9 Å². The first-order chi connectivity index (χ1) is 14.9. The van der Waals surface area contributed by atoms with Crippen molar-refractivity contribution in [3.05, 3.63) is 70.2 Å². The van der Waals surface area contributed by atoms with E-state index in [0.29, 0.717) is 6.54 Å².